The van der Waals surface area contributed by atoms with Crippen molar-refractivity contribution in [2.75, 3.05) is 4.90 Å². The molecule has 3 aromatic carbocycles. The van der Waals surface area contributed by atoms with Gasteiger partial charge in [-0.1, -0.05) is 70.8 Å². The molecule has 3 aromatic rings. The summed E-state index contributed by atoms with van der Waals surface area (Å²) in [7, 11) is 0. The molecular weight excluding hydrogens is 411 g/mol. The molecule has 0 atom stereocenters. The van der Waals surface area contributed by atoms with Crippen molar-refractivity contribution in [2.45, 2.75) is 6.54 Å². The van der Waals surface area contributed by atoms with Crippen molar-refractivity contribution in [1.29, 1.82) is 0 Å². The van der Waals surface area contributed by atoms with E-state index < -0.39 is 5.97 Å². The number of anilines is 1. The van der Waals surface area contributed by atoms with Crippen LogP contribution in [0.1, 0.15) is 21.5 Å². The molecule has 1 amide bonds. The summed E-state index contributed by atoms with van der Waals surface area (Å²) in [5.41, 5.74) is 2.51. The summed E-state index contributed by atoms with van der Waals surface area (Å²) in [6.45, 7) is 0.276. The molecule has 0 spiro atoms. The smallest absolute Gasteiger partial charge is 0.312 e. The minimum absolute atomic E-state index is 0.0740. The van der Waals surface area contributed by atoms with E-state index >= 15 is 0 Å². The van der Waals surface area contributed by atoms with Crippen LogP contribution in [0.2, 0.25) is 10.0 Å². The number of nitrogens with zero attached hydrogens (tertiary/aromatic N) is 2. The Morgan fingerprint density at radius 2 is 1.66 bits per heavy atom. The van der Waals surface area contributed by atoms with Crippen molar-refractivity contribution in [3.63, 3.8) is 0 Å². The molecule has 1 aliphatic rings. The largest absolute Gasteiger partial charge is 0.365 e. The quantitative estimate of drug-likeness (QED) is 0.432. The number of amides is 1. The summed E-state index contributed by atoms with van der Waals surface area (Å²) in [4.78, 5) is 31.8. The highest BCUT2D eigenvalue weighted by molar-refractivity contribution is 6.54. The van der Waals surface area contributed by atoms with Gasteiger partial charge in [-0.05, 0) is 35.9 Å². The van der Waals surface area contributed by atoms with Gasteiger partial charge in [0.05, 0.1) is 27.8 Å². The van der Waals surface area contributed by atoms with Gasteiger partial charge in [0.1, 0.15) is 0 Å². The van der Waals surface area contributed by atoms with Gasteiger partial charge < -0.3 is 9.74 Å². The number of carbonyl (C=O) groups is 2. The lowest BCUT2D eigenvalue weighted by Crippen LogP contribution is -2.29. The standard InChI is InChI=1S/C22H14Cl2N2O3/c23-17-11-10-14(12-18(17)24)13-26-19-9-5-4-8-16(19)20(21(26)27)25-29-22(28)15-6-2-1-3-7-15/h1-12H,13H2/b25-20-. The van der Waals surface area contributed by atoms with Gasteiger partial charge in [0.15, 0.2) is 5.71 Å². The maximum absolute atomic E-state index is 13.0. The minimum Gasteiger partial charge on any atom is -0.312 e. The van der Waals surface area contributed by atoms with Gasteiger partial charge in [0.25, 0.3) is 5.91 Å². The summed E-state index contributed by atoms with van der Waals surface area (Å²) in [5.74, 6) is -0.996. The highest BCUT2D eigenvalue weighted by Crippen LogP contribution is 2.32. The lowest BCUT2D eigenvalue weighted by Gasteiger charge is -2.17. The topological polar surface area (TPSA) is 59.0 Å². The Morgan fingerprint density at radius 3 is 2.41 bits per heavy atom. The van der Waals surface area contributed by atoms with Crippen LogP contribution in [0.25, 0.3) is 0 Å². The van der Waals surface area contributed by atoms with Crippen LogP contribution in [-0.2, 0) is 16.2 Å². The van der Waals surface area contributed by atoms with Gasteiger partial charge in [-0.2, -0.15) is 0 Å². The molecule has 0 aliphatic carbocycles. The Bertz CT molecular complexity index is 1130. The first kappa shape index (κ1) is 19.2. The number of rotatable bonds is 4. The third-order valence-corrected chi connectivity index (χ3v) is 5.19. The molecular formula is C22H14Cl2N2O3. The Labute approximate surface area is 177 Å². The third-order valence-electron chi connectivity index (χ3n) is 4.45. The van der Waals surface area contributed by atoms with Gasteiger partial charge in [0.2, 0.25) is 0 Å². The highest BCUT2D eigenvalue weighted by Gasteiger charge is 2.34. The van der Waals surface area contributed by atoms with Crippen LogP contribution in [0.4, 0.5) is 5.69 Å². The average Bonchev–Trinajstić information content (AvgIpc) is 3.01. The van der Waals surface area contributed by atoms with Crippen molar-refractivity contribution in [1.82, 2.24) is 0 Å². The molecule has 0 radical (unpaired) electrons. The second kappa shape index (κ2) is 8.07. The second-order valence-electron chi connectivity index (χ2n) is 6.34. The average molecular weight is 425 g/mol. The van der Waals surface area contributed by atoms with Gasteiger partial charge in [0, 0.05) is 5.56 Å². The van der Waals surface area contributed by atoms with Crippen LogP contribution in [0.3, 0.4) is 0 Å². The number of halogens is 2. The Morgan fingerprint density at radius 1 is 0.931 bits per heavy atom. The summed E-state index contributed by atoms with van der Waals surface area (Å²) < 4.78 is 0. The van der Waals surface area contributed by atoms with Crippen LogP contribution in [0, 0.1) is 0 Å². The molecule has 0 aromatic heterocycles. The molecule has 5 nitrogen and oxygen atoms in total. The predicted octanol–water partition coefficient (Wildman–Crippen LogP) is 5.10. The monoisotopic (exact) mass is 424 g/mol. The maximum Gasteiger partial charge on any atom is 0.365 e. The van der Waals surface area contributed by atoms with E-state index in [1.807, 2.05) is 12.1 Å². The molecule has 0 N–H and O–H groups in total. The fraction of sp³-hybridized carbons (Fsp3) is 0.0455. The molecule has 7 heteroatoms. The first-order valence-corrected chi connectivity index (χ1v) is 9.50. The predicted molar refractivity (Wildman–Crippen MR) is 112 cm³/mol. The van der Waals surface area contributed by atoms with E-state index in [1.165, 1.54) is 0 Å². The van der Waals surface area contributed by atoms with Crippen molar-refractivity contribution in [3.05, 3.63) is 99.5 Å². The van der Waals surface area contributed by atoms with Crippen LogP contribution in [-0.4, -0.2) is 17.6 Å². The van der Waals surface area contributed by atoms with Gasteiger partial charge >= 0.3 is 5.97 Å². The lowest BCUT2D eigenvalue weighted by molar-refractivity contribution is -0.112. The SMILES string of the molecule is O=C(O/N=C1\C(=O)N(Cc2ccc(Cl)c(Cl)c2)c2ccccc21)c1ccccc1. The second-order valence-corrected chi connectivity index (χ2v) is 7.16. The van der Waals surface area contributed by atoms with Gasteiger partial charge in [-0.25, -0.2) is 4.79 Å². The Kier molecular flexibility index (Phi) is 5.34. The zero-order valence-corrected chi connectivity index (χ0v) is 16.5. The van der Waals surface area contributed by atoms with E-state index in [0.29, 0.717) is 26.9 Å². The number of carbonyl (C=O) groups excluding carboxylic acids is 2. The summed E-state index contributed by atoms with van der Waals surface area (Å²) in [6.07, 6.45) is 0. The number of para-hydroxylation sites is 1. The first-order valence-electron chi connectivity index (χ1n) is 8.74. The number of hydrogen-bond donors (Lipinski definition) is 0. The zero-order valence-electron chi connectivity index (χ0n) is 15.0. The van der Waals surface area contributed by atoms with E-state index in [-0.39, 0.29) is 18.2 Å². The number of hydrogen-bond acceptors (Lipinski definition) is 4. The van der Waals surface area contributed by atoms with Gasteiger partial charge in [-0.15, -0.1) is 0 Å². The Balaban J connectivity index is 1.62. The van der Waals surface area contributed by atoms with E-state index in [9.17, 15) is 9.59 Å². The first-order chi connectivity index (χ1) is 14.0. The van der Waals surface area contributed by atoms with Crippen LogP contribution in [0.5, 0.6) is 0 Å². The Hall–Kier alpha value is -3.15. The summed E-state index contributed by atoms with van der Waals surface area (Å²) in [5, 5.41) is 4.73. The lowest BCUT2D eigenvalue weighted by atomic mass is 10.1. The minimum atomic E-state index is -0.633. The number of fused-ring (bicyclic) bond motifs is 1. The molecule has 1 heterocycles. The molecule has 0 unspecified atom stereocenters. The molecule has 0 saturated heterocycles. The molecule has 0 saturated carbocycles. The molecule has 0 bridgehead atoms. The third kappa shape index (κ3) is 3.88. The summed E-state index contributed by atoms with van der Waals surface area (Å²) >= 11 is 12.1. The fourth-order valence-corrected chi connectivity index (χ4v) is 3.36. The molecule has 144 valence electrons. The number of oxime groups is 1. The van der Waals surface area contributed by atoms with Crippen molar-refractivity contribution in [2.24, 2.45) is 5.16 Å². The van der Waals surface area contributed by atoms with Crippen molar-refractivity contribution >= 4 is 46.5 Å². The molecule has 29 heavy (non-hydrogen) atoms. The van der Waals surface area contributed by atoms with Crippen LogP contribution in [0.15, 0.2) is 78.0 Å². The normalized spacial score (nSPS) is 14.2. The highest BCUT2D eigenvalue weighted by atomic mass is 35.5. The van der Waals surface area contributed by atoms with E-state index in [2.05, 4.69) is 5.16 Å². The number of benzene rings is 3. The zero-order chi connectivity index (χ0) is 20.4. The van der Waals surface area contributed by atoms with Crippen LogP contribution >= 0.6 is 23.2 Å². The van der Waals surface area contributed by atoms with Crippen LogP contribution < -0.4 is 4.90 Å². The van der Waals surface area contributed by atoms with E-state index in [4.69, 9.17) is 28.0 Å². The van der Waals surface area contributed by atoms with Crippen molar-refractivity contribution in [3.8, 4) is 0 Å². The van der Waals surface area contributed by atoms with E-state index in [1.54, 1.807) is 65.6 Å². The van der Waals surface area contributed by atoms with Gasteiger partial charge in [-0.3, -0.25) is 4.79 Å². The fourth-order valence-electron chi connectivity index (χ4n) is 3.04. The van der Waals surface area contributed by atoms with E-state index in [0.717, 1.165) is 5.56 Å². The molecule has 1 aliphatic heterocycles. The molecule has 0 fully saturated rings. The maximum atomic E-state index is 13.0. The van der Waals surface area contributed by atoms with Crippen molar-refractivity contribution < 1.29 is 14.4 Å². The summed E-state index contributed by atoms with van der Waals surface area (Å²) in [6, 6.07) is 20.9. The molecule has 4 rings (SSSR count).